The van der Waals surface area contributed by atoms with Gasteiger partial charge >= 0.3 is 0 Å². The quantitative estimate of drug-likeness (QED) is 0.616. The number of pyridine rings is 1. The van der Waals surface area contributed by atoms with Gasteiger partial charge in [-0.2, -0.15) is 0 Å². The van der Waals surface area contributed by atoms with Gasteiger partial charge in [-0.1, -0.05) is 0 Å². The second kappa shape index (κ2) is 5.00. The topological polar surface area (TPSA) is 114 Å². The number of anilines is 2. The van der Waals surface area contributed by atoms with E-state index < -0.39 is 14.8 Å². The lowest BCUT2D eigenvalue weighted by Gasteiger charge is -2.12. The Balaban J connectivity index is 2.20. The fourth-order valence-electron chi connectivity index (χ4n) is 1.94. The van der Waals surface area contributed by atoms with Crippen molar-refractivity contribution in [3.05, 3.63) is 22.2 Å². The summed E-state index contributed by atoms with van der Waals surface area (Å²) in [5.74, 6) is 0.836. The molecule has 1 aliphatic heterocycles. The maximum Gasteiger partial charge on any atom is 0.276 e. The van der Waals surface area contributed by atoms with Crippen LogP contribution in [0.15, 0.2) is 12.1 Å². The maximum absolute atomic E-state index is 11.3. The molecule has 8 nitrogen and oxygen atoms in total. The third-order valence-electron chi connectivity index (χ3n) is 2.86. The van der Waals surface area contributed by atoms with Gasteiger partial charge in [0.05, 0.1) is 28.6 Å². The zero-order valence-electron chi connectivity index (χ0n) is 10.3. The van der Waals surface area contributed by atoms with Crippen LogP contribution in [0.25, 0.3) is 0 Å². The van der Waals surface area contributed by atoms with E-state index in [0.29, 0.717) is 18.1 Å². The summed E-state index contributed by atoms with van der Waals surface area (Å²) < 4.78 is 22.7. The van der Waals surface area contributed by atoms with E-state index in [9.17, 15) is 18.5 Å². The second-order valence-corrected chi connectivity index (χ2v) is 6.58. The maximum atomic E-state index is 11.3. The van der Waals surface area contributed by atoms with Gasteiger partial charge in [0, 0.05) is 13.1 Å². The Kier molecular flexibility index (Phi) is 3.56. The van der Waals surface area contributed by atoms with Crippen LogP contribution in [-0.2, 0) is 9.84 Å². The van der Waals surface area contributed by atoms with E-state index in [0.717, 1.165) is 0 Å². The zero-order valence-corrected chi connectivity index (χ0v) is 11.1. The third-order valence-corrected chi connectivity index (χ3v) is 4.63. The predicted molar refractivity (Wildman–Crippen MR) is 71.1 cm³/mol. The van der Waals surface area contributed by atoms with Crippen LogP contribution >= 0.6 is 0 Å². The minimum Gasteiger partial charge on any atom is -0.373 e. The van der Waals surface area contributed by atoms with Crippen LogP contribution in [0.1, 0.15) is 6.42 Å². The molecule has 0 radical (unpaired) electrons. The molecule has 1 aromatic heterocycles. The number of sulfone groups is 1. The van der Waals surface area contributed by atoms with Crippen molar-refractivity contribution in [2.24, 2.45) is 0 Å². The summed E-state index contributed by atoms with van der Waals surface area (Å²) in [7, 11) is -1.39. The van der Waals surface area contributed by atoms with Crippen LogP contribution in [-0.4, -0.2) is 42.9 Å². The van der Waals surface area contributed by atoms with Gasteiger partial charge in [-0.05, 0) is 6.42 Å². The molecular formula is C10H14N4O4S. The van der Waals surface area contributed by atoms with Crippen molar-refractivity contribution in [2.45, 2.75) is 12.5 Å². The first-order chi connectivity index (χ1) is 8.89. The lowest BCUT2D eigenvalue weighted by molar-refractivity contribution is -0.384. The van der Waals surface area contributed by atoms with Crippen molar-refractivity contribution in [2.75, 3.05) is 29.2 Å². The van der Waals surface area contributed by atoms with E-state index in [1.165, 1.54) is 12.1 Å². The number of aromatic nitrogens is 1. The van der Waals surface area contributed by atoms with Crippen LogP contribution < -0.4 is 10.6 Å². The molecule has 2 rings (SSSR count). The third kappa shape index (κ3) is 3.31. The van der Waals surface area contributed by atoms with Gasteiger partial charge in [0.1, 0.15) is 11.6 Å². The molecule has 1 aromatic rings. The average molecular weight is 286 g/mol. The summed E-state index contributed by atoms with van der Waals surface area (Å²) in [4.78, 5) is 14.4. The highest BCUT2D eigenvalue weighted by Crippen LogP contribution is 2.23. The summed E-state index contributed by atoms with van der Waals surface area (Å²) >= 11 is 0. The lowest BCUT2D eigenvalue weighted by Crippen LogP contribution is -2.21. The van der Waals surface area contributed by atoms with Gasteiger partial charge in [-0.25, -0.2) is 13.4 Å². The van der Waals surface area contributed by atoms with E-state index in [1.807, 2.05) is 0 Å². The highest BCUT2D eigenvalue weighted by molar-refractivity contribution is 7.91. The SMILES string of the molecule is CNc1cc([N+](=O)[O-])cc(NC2CCS(=O)(=O)C2)n1. The zero-order chi connectivity index (χ0) is 14.0. The first kappa shape index (κ1) is 13.5. The monoisotopic (exact) mass is 286 g/mol. The lowest BCUT2D eigenvalue weighted by atomic mass is 10.2. The number of hydrogen-bond acceptors (Lipinski definition) is 7. The molecule has 1 unspecified atom stereocenters. The Morgan fingerprint density at radius 1 is 1.42 bits per heavy atom. The van der Waals surface area contributed by atoms with E-state index in [1.54, 1.807) is 7.05 Å². The van der Waals surface area contributed by atoms with E-state index in [-0.39, 0.29) is 23.2 Å². The molecule has 0 amide bonds. The van der Waals surface area contributed by atoms with Crippen molar-refractivity contribution >= 4 is 27.2 Å². The standard InChI is InChI=1S/C10H14N4O4S/c1-11-9-4-8(14(15)16)5-10(13-9)12-7-2-3-19(17,18)6-7/h4-5,7H,2-3,6H2,1H3,(H2,11,12,13). The largest absolute Gasteiger partial charge is 0.373 e. The molecule has 2 N–H and O–H groups in total. The van der Waals surface area contributed by atoms with Crippen molar-refractivity contribution in [1.29, 1.82) is 0 Å². The second-order valence-electron chi connectivity index (χ2n) is 4.35. The van der Waals surface area contributed by atoms with Crippen LogP contribution in [0, 0.1) is 10.1 Å². The number of hydrogen-bond donors (Lipinski definition) is 2. The summed E-state index contributed by atoms with van der Waals surface area (Å²) in [6.45, 7) is 0. The highest BCUT2D eigenvalue weighted by Gasteiger charge is 2.28. The minimum absolute atomic E-state index is 0.0340. The van der Waals surface area contributed by atoms with Gasteiger partial charge in [0.15, 0.2) is 9.84 Å². The Morgan fingerprint density at radius 2 is 2.11 bits per heavy atom. The Labute approximate surface area is 110 Å². The fourth-order valence-corrected chi connectivity index (χ4v) is 3.61. The van der Waals surface area contributed by atoms with Gasteiger partial charge in [0.2, 0.25) is 0 Å². The van der Waals surface area contributed by atoms with Crippen molar-refractivity contribution in [3.63, 3.8) is 0 Å². The number of nitro groups is 1. The highest BCUT2D eigenvalue weighted by atomic mass is 32.2. The molecule has 1 saturated heterocycles. The molecule has 1 atom stereocenters. The molecule has 2 heterocycles. The average Bonchev–Trinajstić information content (AvgIpc) is 2.68. The van der Waals surface area contributed by atoms with E-state index in [2.05, 4.69) is 15.6 Å². The summed E-state index contributed by atoms with van der Waals surface area (Å²) in [6, 6.07) is 2.37. The first-order valence-corrected chi connectivity index (χ1v) is 7.53. The van der Waals surface area contributed by atoms with Crippen LogP contribution in [0.4, 0.5) is 17.3 Å². The smallest absolute Gasteiger partial charge is 0.276 e. The number of nitrogens with one attached hydrogen (secondary N) is 2. The Hall–Kier alpha value is -1.90. The normalized spacial score (nSPS) is 21.0. The molecule has 1 aliphatic rings. The Morgan fingerprint density at radius 3 is 2.63 bits per heavy atom. The first-order valence-electron chi connectivity index (χ1n) is 5.71. The van der Waals surface area contributed by atoms with Crippen LogP contribution in [0.5, 0.6) is 0 Å². The minimum atomic E-state index is -3.00. The summed E-state index contributed by atoms with van der Waals surface area (Å²) in [5, 5.41) is 16.4. The summed E-state index contributed by atoms with van der Waals surface area (Å²) in [5.41, 5.74) is -0.0947. The van der Waals surface area contributed by atoms with Gasteiger partial charge in [-0.3, -0.25) is 10.1 Å². The van der Waals surface area contributed by atoms with Gasteiger partial charge in [0.25, 0.3) is 5.69 Å². The van der Waals surface area contributed by atoms with Crippen molar-refractivity contribution < 1.29 is 13.3 Å². The summed E-state index contributed by atoms with van der Waals surface area (Å²) in [6.07, 6.45) is 0.488. The van der Waals surface area contributed by atoms with Gasteiger partial charge in [-0.15, -0.1) is 0 Å². The van der Waals surface area contributed by atoms with Crippen LogP contribution in [0.3, 0.4) is 0 Å². The molecule has 0 aliphatic carbocycles. The van der Waals surface area contributed by atoms with E-state index in [4.69, 9.17) is 0 Å². The molecule has 9 heteroatoms. The van der Waals surface area contributed by atoms with Crippen molar-refractivity contribution in [1.82, 2.24) is 4.98 Å². The molecule has 1 fully saturated rings. The molecular weight excluding hydrogens is 272 g/mol. The molecule has 104 valence electrons. The number of nitrogens with zero attached hydrogens (tertiary/aromatic N) is 2. The molecule has 19 heavy (non-hydrogen) atoms. The molecule has 0 aromatic carbocycles. The Bertz CT molecular complexity index is 602. The molecule has 0 bridgehead atoms. The number of rotatable bonds is 4. The molecule has 0 spiro atoms. The van der Waals surface area contributed by atoms with E-state index >= 15 is 0 Å². The fraction of sp³-hybridized carbons (Fsp3) is 0.500. The van der Waals surface area contributed by atoms with Crippen LogP contribution in [0.2, 0.25) is 0 Å². The van der Waals surface area contributed by atoms with Crippen molar-refractivity contribution in [3.8, 4) is 0 Å². The predicted octanol–water partition coefficient (Wildman–Crippen LogP) is 0.630. The molecule has 0 saturated carbocycles. The van der Waals surface area contributed by atoms with Gasteiger partial charge < -0.3 is 10.6 Å².